The Morgan fingerprint density at radius 3 is 2.38 bits per heavy atom. The van der Waals surface area contributed by atoms with E-state index in [1.54, 1.807) is 12.1 Å². The molecular formula is C13H18N2O5S. The second-order valence-corrected chi connectivity index (χ2v) is 6.79. The molecule has 1 aliphatic heterocycles. The van der Waals surface area contributed by atoms with Crippen molar-refractivity contribution in [2.45, 2.75) is 0 Å². The zero-order valence-electron chi connectivity index (χ0n) is 11.9. The fraction of sp³-hybridized carbons (Fsp3) is 0.462. The molecule has 1 aromatic rings. The molecule has 1 heterocycles. The van der Waals surface area contributed by atoms with Gasteiger partial charge in [0.15, 0.2) is 11.5 Å². The summed E-state index contributed by atoms with van der Waals surface area (Å²) in [4.78, 5) is 13.9. The van der Waals surface area contributed by atoms with Gasteiger partial charge in [-0.2, -0.15) is 4.31 Å². The number of benzene rings is 1. The monoisotopic (exact) mass is 314 g/mol. The van der Waals surface area contributed by atoms with Gasteiger partial charge in [0, 0.05) is 26.2 Å². The summed E-state index contributed by atoms with van der Waals surface area (Å²) in [6.45, 7) is 1.11. The third-order valence-corrected chi connectivity index (χ3v) is 4.75. The molecule has 0 atom stereocenters. The largest absolute Gasteiger partial charge is 0.504 e. The number of carbonyl (C=O) groups excluding carboxylic acids is 1. The minimum atomic E-state index is -3.23. The Kier molecular flexibility index (Phi) is 4.38. The number of ether oxygens (including phenoxy) is 1. The number of piperazine rings is 1. The van der Waals surface area contributed by atoms with Crippen LogP contribution in [0.2, 0.25) is 0 Å². The lowest BCUT2D eigenvalue weighted by atomic mass is 10.1. The van der Waals surface area contributed by atoms with E-state index in [9.17, 15) is 18.3 Å². The van der Waals surface area contributed by atoms with E-state index in [-0.39, 0.29) is 36.1 Å². The number of hydrogen-bond donors (Lipinski definition) is 1. The summed E-state index contributed by atoms with van der Waals surface area (Å²) < 4.78 is 29.2. The number of carbonyl (C=O) groups is 1. The van der Waals surface area contributed by atoms with Gasteiger partial charge in [0.25, 0.3) is 5.91 Å². The van der Waals surface area contributed by atoms with Crippen LogP contribution in [-0.2, 0) is 10.0 Å². The van der Waals surface area contributed by atoms with E-state index in [2.05, 4.69) is 0 Å². The topological polar surface area (TPSA) is 87.2 Å². The molecule has 21 heavy (non-hydrogen) atoms. The van der Waals surface area contributed by atoms with Crippen molar-refractivity contribution < 1.29 is 23.1 Å². The quantitative estimate of drug-likeness (QED) is 0.856. The molecule has 8 heteroatoms. The minimum Gasteiger partial charge on any atom is -0.504 e. The van der Waals surface area contributed by atoms with Crippen LogP contribution in [0.25, 0.3) is 0 Å². The maximum Gasteiger partial charge on any atom is 0.257 e. The number of nitrogens with zero attached hydrogens (tertiary/aromatic N) is 2. The van der Waals surface area contributed by atoms with Crippen molar-refractivity contribution in [3.63, 3.8) is 0 Å². The van der Waals surface area contributed by atoms with E-state index >= 15 is 0 Å². The van der Waals surface area contributed by atoms with E-state index < -0.39 is 10.0 Å². The third-order valence-electron chi connectivity index (χ3n) is 3.44. The van der Waals surface area contributed by atoms with Crippen molar-refractivity contribution in [1.82, 2.24) is 9.21 Å². The standard InChI is InChI=1S/C13H18N2O5S/c1-20-11-5-3-4-10(12(11)16)13(17)14-6-8-15(9-7-14)21(2,18)19/h3-5,16H,6-9H2,1-2H3. The molecule has 1 saturated heterocycles. The molecule has 0 aromatic heterocycles. The van der Waals surface area contributed by atoms with Gasteiger partial charge in [0.1, 0.15) is 0 Å². The Labute approximate surface area is 123 Å². The molecule has 0 spiro atoms. The molecule has 1 N–H and O–H groups in total. The highest BCUT2D eigenvalue weighted by Gasteiger charge is 2.28. The summed E-state index contributed by atoms with van der Waals surface area (Å²) in [7, 11) is -1.82. The van der Waals surface area contributed by atoms with Crippen LogP contribution in [0.5, 0.6) is 11.5 Å². The molecule has 7 nitrogen and oxygen atoms in total. The van der Waals surface area contributed by atoms with Crippen molar-refractivity contribution >= 4 is 15.9 Å². The highest BCUT2D eigenvalue weighted by Crippen LogP contribution is 2.30. The molecule has 0 bridgehead atoms. The maximum atomic E-state index is 12.4. The van der Waals surface area contributed by atoms with Crippen LogP contribution in [0.4, 0.5) is 0 Å². The first-order valence-corrected chi connectivity index (χ1v) is 8.30. The molecular weight excluding hydrogens is 296 g/mol. The smallest absolute Gasteiger partial charge is 0.257 e. The molecule has 2 rings (SSSR count). The van der Waals surface area contributed by atoms with Crippen molar-refractivity contribution in [2.75, 3.05) is 39.5 Å². The van der Waals surface area contributed by atoms with Crippen molar-refractivity contribution in [3.05, 3.63) is 23.8 Å². The van der Waals surface area contributed by atoms with Crippen LogP contribution >= 0.6 is 0 Å². The molecule has 1 fully saturated rings. The zero-order valence-corrected chi connectivity index (χ0v) is 12.8. The average Bonchev–Trinajstić information content (AvgIpc) is 2.46. The summed E-state index contributed by atoms with van der Waals surface area (Å²) in [5.74, 6) is -0.300. The predicted molar refractivity (Wildman–Crippen MR) is 77.0 cm³/mol. The normalized spacial score (nSPS) is 16.8. The van der Waals surface area contributed by atoms with Gasteiger partial charge in [-0.1, -0.05) is 6.07 Å². The van der Waals surface area contributed by atoms with Crippen LogP contribution in [-0.4, -0.2) is 68.2 Å². The Morgan fingerprint density at radius 2 is 1.86 bits per heavy atom. The van der Waals surface area contributed by atoms with Crippen LogP contribution in [0.3, 0.4) is 0 Å². The van der Waals surface area contributed by atoms with Crippen molar-refractivity contribution in [3.8, 4) is 11.5 Å². The lowest BCUT2D eigenvalue weighted by Gasteiger charge is -2.33. The van der Waals surface area contributed by atoms with E-state index in [4.69, 9.17) is 4.74 Å². The molecule has 1 aliphatic rings. The van der Waals surface area contributed by atoms with Crippen LogP contribution < -0.4 is 4.74 Å². The number of phenolic OH excluding ortho intramolecular Hbond substituents is 1. The van der Waals surface area contributed by atoms with Crippen LogP contribution in [0.15, 0.2) is 18.2 Å². The lowest BCUT2D eigenvalue weighted by molar-refractivity contribution is 0.0694. The number of phenols is 1. The first kappa shape index (κ1) is 15.6. The average molecular weight is 314 g/mol. The number of rotatable bonds is 3. The number of sulfonamides is 1. The molecule has 0 unspecified atom stereocenters. The van der Waals surface area contributed by atoms with E-state index in [0.717, 1.165) is 6.26 Å². The number of methoxy groups -OCH3 is 1. The number of aromatic hydroxyl groups is 1. The molecule has 1 aromatic carbocycles. The maximum absolute atomic E-state index is 12.4. The Balaban J connectivity index is 2.13. The molecule has 0 saturated carbocycles. The third kappa shape index (κ3) is 3.27. The Bertz CT molecular complexity index is 636. The second kappa shape index (κ2) is 5.90. The van der Waals surface area contributed by atoms with Gasteiger partial charge in [-0.05, 0) is 12.1 Å². The van der Waals surface area contributed by atoms with Gasteiger partial charge >= 0.3 is 0 Å². The van der Waals surface area contributed by atoms with Crippen molar-refractivity contribution in [2.24, 2.45) is 0 Å². The second-order valence-electron chi connectivity index (χ2n) is 4.81. The zero-order chi connectivity index (χ0) is 15.6. The highest BCUT2D eigenvalue weighted by atomic mass is 32.2. The first-order valence-electron chi connectivity index (χ1n) is 6.45. The summed E-state index contributed by atoms with van der Waals surface area (Å²) in [5.41, 5.74) is 0.155. The number of amides is 1. The van der Waals surface area contributed by atoms with Crippen LogP contribution in [0, 0.1) is 0 Å². The van der Waals surface area contributed by atoms with E-state index in [0.29, 0.717) is 13.1 Å². The highest BCUT2D eigenvalue weighted by molar-refractivity contribution is 7.88. The summed E-state index contributed by atoms with van der Waals surface area (Å²) in [6, 6.07) is 4.70. The summed E-state index contributed by atoms with van der Waals surface area (Å²) >= 11 is 0. The number of para-hydroxylation sites is 1. The minimum absolute atomic E-state index is 0.155. The van der Waals surface area contributed by atoms with Gasteiger partial charge in [-0.25, -0.2) is 8.42 Å². The van der Waals surface area contributed by atoms with E-state index in [1.807, 2.05) is 0 Å². The van der Waals surface area contributed by atoms with E-state index in [1.165, 1.54) is 22.4 Å². The lowest BCUT2D eigenvalue weighted by Crippen LogP contribution is -2.50. The van der Waals surface area contributed by atoms with Crippen molar-refractivity contribution in [1.29, 1.82) is 0 Å². The molecule has 0 aliphatic carbocycles. The Morgan fingerprint density at radius 1 is 1.24 bits per heavy atom. The van der Waals surface area contributed by atoms with Gasteiger partial charge in [-0.15, -0.1) is 0 Å². The molecule has 116 valence electrons. The predicted octanol–water partition coefficient (Wildman–Crippen LogP) is 0.118. The Hall–Kier alpha value is -1.80. The van der Waals surface area contributed by atoms with Gasteiger partial charge < -0.3 is 14.7 Å². The SMILES string of the molecule is COc1cccc(C(=O)N2CCN(S(C)(=O)=O)CC2)c1O. The fourth-order valence-corrected chi connectivity index (χ4v) is 3.08. The molecule has 0 radical (unpaired) electrons. The fourth-order valence-electron chi connectivity index (χ4n) is 2.25. The van der Waals surface area contributed by atoms with Gasteiger partial charge in [-0.3, -0.25) is 4.79 Å². The first-order chi connectivity index (χ1) is 9.84. The van der Waals surface area contributed by atoms with Gasteiger partial charge in [0.05, 0.1) is 18.9 Å². The number of hydrogen-bond acceptors (Lipinski definition) is 5. The summed E-state index contributed by atoms with van der Waals surface area (Å²) in [6.07, 6.45) is 1.15. The summed E-state index contributed by atoms with van der Waals surface area (Å²) in [5, 5.41) is 9.99. The molecule has 1 amide bonds. The van der Waals surface area contributed by atoms with Crippen LogP contribution in [0.1, 0.15) is 10.4 Å². The van der Waals surface area contributed by atoms with Gasteiger partial charge in [0.2, 0.25) is 10.0 Å².